The van der Waals surface area contributed by atoms with Crippen molar-refractivity contribution in [2.45, 2.75) is 31.7 Å². The minimum absolute atomic E-state index is 0.415. The van der Waals surface area contributed by atoms with Crippen LogP contribution >= 0.6 is 0 Å². The molecule has 0 amide bonds. The molecule has 2 heteroatoms. The Morgan fingerprint density at radius 2 is 2.27 bits per heavy atom. The van der Waals surface area contributed by atoms with E-state index in [4.69, 9.17) is 0 Å². The van der Waals surface area contributed by atoms with E-state index in [2.05, 4.69) is 18.3 Å². The lowest BCUT2D eigenvalue weighted by molar-refractivity contribution is 0.266. The average Bonchev–Trinajstić information content (AvgIpc) is 2.24. The molecule has 2 N–H and O–H groups in total. The highest BCUT2D eigenvalue weighted by molar-refractivity contribution is 5.40. The molecule has 1 aromatic rings. The Morgan fingerprint density at radius 1 is 1.40 bits per heavy atom. The Balaban J connectivity index is 2.07. The van der Waals surface area contributed by atoms with E-state index in [1.807, 2.05) is 12.1 Å². The van der Waals surface area contributed by atoms with Crippen molar-refractivity contribution in [3.63, 3.8) is 0 Å². The number of fused-ring (bicyclic) bond motifs is 4. The summed E-state index contributed by atoms with van der Waals surface area (Å²) in [6.07, 6.45) is 2.36. The van der Waals surface area contributed by atoms with E-state index < -0.39 is 0 Å². The Kier molecular flexibility index (Phi) is 1.99. The molecule has 0 spiro atoms. The number of nitrogens with one attached hydrogen (secondary N) is 1. The summed E-state index contributed by atoms with van der Waals surface area (Å²) in [6, 6.07) is 6.52. The van der Waals surface area contributed by atoms with Crippen LogP contribution in [0.2, 0.25) is 0 Å². The lowest BCUT2D eigenvalue weighted by Crippen LogP contribution is -2.46. The van der Waals surface area contributed by atoms with Crippen molar-refractivity contribution >= 4 is 0 Å². The summed E-state index contributed by atoms with van der Waals surface area (Å²) in [5.74, 6) is 1.74. The molecule has 1 aromatic carbocycles. The summed E-state index contributed by atoms with van der Waals surface area (Å²) in [6.45, 7) is 3.41. The van der Waals surface area contributed by atoms with Gasteiger partial charge in [-0.15, -0.1) is 0 Å². The molecule has 3 atom stereocenters. The van der Waals surface area contributed by atoms with Crippen LogP contribution < -0.4 is 5.32 Å². The minimum Gasteiger partial charge on any atom is -0.508 e. The number of hydrogen-bond acceptors (Lipinski definition) is 2. The molecule has 2 bridgehead atoms. The first-order chi connectivity index (χ1) is 7.24. The van der Waals surface area contributed by atoms with E-state index in [-0.39, 0.29) is 0 Å². The fourth-order valence-electron chi connectivity index (χ4n) is 3.08. The second-order valence-electron chi connectivity index (χ2n) is 5.01. The average molecular weight is 203 g/mol. The molecule has 2 nitrogen and oxygen atoms in total. The van der Waals surface area contributed by atoms with Gasteiger partial charge >= 0.3 is 0 Å². The molecule has 0 aromatic heterocycles. The Hall–Kier alpha value is -1.02. The van der Waals surface area contributed by atoms with Gasteiger partial charge in [0.05, 0.1) is 0 Å². The molecular weight excluding hydrogens is 186 g/mol. The first-order valence-electron chi connectivity index (χ1n) is 5.79. The molecule has 0 radical (unpaired) electrons. The third kappa shape index (κ3) is 1.44. The first kappa shape index (κ1) is 9.22. The van der Waals surface area contributed by atoms with Gasteiger partial charge in [0.1, 0.15) is 5.75 Å². The summed E-state index contributed by atoms with van der Waals surface area (Å²) < 4.78 is 0. The van der Waals surface area contributed by atoms with Gasteiger partial charge in [0.15, 0.2) is 0 Å². The van der Waals surface area contributed by atoms with E-state index in [9.17, 15) is 5.11 Å². The van der Waals surface area contributed by atoms with Crippen LogP contribution in [0.3, 0.4) is 0 Å². The number of rotatable bonds is 0. The van der Waals surface area contributed by atoms with Crippen molar-refractivity contribution in [3.8, 4) is 5.75 Å². The summed E-state index contributed by atoms with van der Waals surface area (Å²) in [7, 11) is 0. The van der Waals surface area contributed by atoms with E-state index >= 15 is 0 Å². The smallest absolute Gasteiger partial charge is 0.115 e. The first-order valence-corrected chi connectivity index (χ1v) is 5.79. The van der Waals surface area contributed by atoms with Crippen LogP contribution in [0, 0.1) is 5.92 Å². The highest BCUT2D eigenvalue weighted by Crippen LogP contribution is 2.40. The summed E-state index contributed by atoms with van der Waals surface area (Å²) in [5.41, 5.74) is 2.81. The molecular formula is C13H17NO. The van der Waals surface area contributed by atoms with Gasteiger partial charge in [-0.2, -0.15) is 0 Å². The maximum atomic E-state index is 9.56. The molecule has 1 heterocycles. The van der Waals surface area contributed by atoms with Gasteiger partial charge in [0.2, 0.25) is 0 Å². The Morgan fingerprint density at radius 3 is 3.13 bits per heavy atom. The number of aromatic hydroxyl groups is 1. The molecule has 15 heavy (non-hydrogen) atoms. The minimum atomic E-state index is 0.415. The summed E-state index contributed by atoms with van der Waals surface area (Å²) in [4.78, 5) is 0. The van der Waals surface area contributed by atoms with Crippen LogP contribution in [0.4, 0.5) is 0 Å². The molecule has 1 saturated heterocycles. The molecule has 1 fully saturated rings. The predicted octanol–water partition coefficient (Wildman–Crippen LogP) is 2.03. The van der Waals surface area contributed by atoms with Gasteiger partial charge in [-0.3, -0.25) is 0 Å². The SMILES string of the molecule is C[C@@H]1CN[C@@H]2Cc3ccc(O)cc3[C@H]1C2. The lowest BCUT2D eigenvalue weighted by atomic mass is 9.72. The third-order valence-electron chi connectivity index (χ3n) is 3.95. The van der Waals surface area contributed by atoms with Crippen molar-refractivity contribution in [2.24, 2.45) is 5.92 Å². The molecule has 80 valence electrons. The molecule has 1 aliphatic heterocycles. The normalized spacial score (nSPS) is 33.5. The van der Waals surface area contributed by atoms with Crippen LogP contribution in [0.15, 0.2) is 18.2 Å². The van der Waals surface area contributed by atoms with Crippen LogP contribution in [0.5, 0.6) is 5.75 Å². The van der Waals surface area contributed by atoms with Crippen molar-refractivity contribution in [3.05, 3.63) is 29.3 Å². The van der Waals surface area contributed by atoms with Gasteiger partial charge in [-0.05, 0) is 54.5 Å². The van der Waals surface area contributed by atoms with Crippen molar-refractivity contribution in [1.82, 2.24) is 5.32 Å². The number of phenolic OH excluding ortho intramolecular Hbond substituents is 1. The van der Waals surface area contributed by atoms with Gasteiger partial charge < -0.3 is 10.4 Å². The highest BCUT2D eigenvalue weighted by Gasteiger charge is 2.34. The maximum Gasteiger partial charge on any atom is 0.115 e. The molecule has 3 rings (SSSR count). The number of benzene rings is 1. The van der Waals surface area contributed by atoms with Crippen LogP contribution in [-0.2, 0) is 6.42 Å². The van der Waals surface area contributed by atoms with E-state index in [0.29, 0.717) is 23.6 Å². The van der Waals surface area contributed by atoms with Crippen molar-refractivity contribution in [2.75, 3.05) is 6.54 Å². The zero-order chi connectivity index (χ0) is 10.4. The Labute approximate surface area is 90.3 Å². The van der Waals surface area contributed by atoms with Crippen LogP contribution in [-0.4, -0.2) is 17.7 Å². The zero-order valence-corrected chi connectivity index (χ0v) is 9.03. The number of piperidine rings is 1. The molecule has 2 aliphatic rings. The molecule has 0 unspecified atom stereocenters. The standard InChI is InChI=1S/C13H17NO/c1-8-7-14-10-4-9-2-3-11(15)6-13(9)12(8)5-10/h2-3,6,8,10,12,14-15H,4-5,7H2,1H3/t8-,10-,12+/m1/s1. The number of hydrogen-bond donors (Lipinski definition) is 2. The van der Waals surface area contributed by atoms with Crippen LogP contribution in [0.25, 0.3) is 0 Å². The van der Waals surface area contributed by atoms with E-state index in [1.165, 1.54) is 17.5 Å². The Bertz CT molecular complexity index is 388. The van der Waals surface area contributed by atoms with E-state index in [1.54, 1.807) is 0 Å². The lowest BCUT2D eigenvalue weighted by Gasteiger charge is -2.41. The topological polar surface area (TPSA) is 32.3 Å². The monoisotopic (exact) mass is 203 g/mol. The molecule has 1 aliphatic carbocycles. The summed E-state index contributed by atoms with van der Waals surface area (Å²) in [5, 5.41) is 13.1. The van der Waals surface area contributed by atoms with Gasteiger partial charge in [0.25, 0.3) is 0 Å². The quantitative estimate of drug-likeness (QED) is 0.676. The zero-order valence-electron chi connectivity index (χ0n) is 9.03. The fraction of sp³-hybridized carbons (Fsp3) is 0.538. The van der Waals surface area contributed by atoms with Gasteiger partial charge in [-0.25, -0.2) is 0 Å². The van der Waals surface area contributed by atoms with Crippen molar-refractivity contribution < 1.29 is 5.11 Å². The largest absolute Gasteiger partial charge is 0.508 e. The number of phenols is 1. The van der Waals surface area contributed by atoms with Crippen LogP contribution in [0.1, 0.15) is 30.4 Å². The third-order valence-corrected chi connectivity index (χ3v) is 3.95. The second kappa shape index (κ2) is 3.24. The van der Waals surface area contributed by atoms with Crippen molar-refractivity contribution in [1.29, 1.82) is 0 Å². The van der Waals surface area contributed by atoms with Gasteiger partial charge in [0, 0.05) is 6.04 Å². The second-order valence-corrected chi connectivity index (χ2v) is 5.01. The summed E-state index contributed by atoms with van der Waals surface area (Å²) >= 11 is 0. The predicted molar refractivity (Wildman–Crippen MR) is 60.1 cm³/mol. The van der Waals surface area contributed by atoms with E-state index in [0.717, 1.165) is 13.0 Å². The fourth-order valence-corrected chi connectivity index (χ4v) is 3.08. The molecule has 0 saturated carbocycles. The maximum absolute atomic E-state index is 9.56. The highest BCUT2D eigenvalue weighted by atomic mass is 16.3. The van der Waals surface area contributed by atoms with Gasteiger partial charge in [-0.1, -0.05) is 13.0 Å².